The first kappa shape index (κ1) is 12.2. The molecule has 0 amide bonds. The molecule has 1 aromatic carbocycles. The Morgan fingerprint density at radius 2 is 2.20 bits per heavy atom. The highest BCUT2D eigenvalue weighted by Gasteiger charge is 2.10. The minimum absolute atomic E-state index is 0.132. The van der Waals surface area contributed by atoms with Crippen molar-refractivity contribution in [3.63, 3.8) is 0 Å². The van der Waals surface area contributed by atoms with Crippen LogP contribution in [0.4, 0.5) is 0 Å². The Morgan fingerprint density at radius 3 is 2.87 bits per heavy atom. The van der Waals surface area contributed by atoms with Crippen LogP contribution in [0, 0.1) is 6.92 Å². The minimum atomic E-state index is 0.132. The number of Topliss-reactive ketones (excluding diaryl/α,β-unsaturated/α-hetero) is 1. The van der Waals surface area contributed by atoms with Crippen molar-refractivity contribution in [2.75, 3.05) is 13.7 Å². The van der Waals surface area contributed by atoms with E-state index in [-0.39, 0.29) is 5.78 Å². The van der Waals surface area contributed by atoms with Gasteiger partial charge < -0.3 is 4.74 Å². The highest BCUT2D eigenvalue weighted by molar-refractivity contribution is 6.31. The number of hydrogen-bond acceptors (Lipinski definition) is 2. The first-order valence-electron chi connectivity index (χ1n) is 4.94. The molecule has 2 nitrogen and oxygen atoms in total. The van der Waals surface area contributed by atoms with E-state index in [9.17, 15) is 4.79 Å². The zero-order chi connectivity index (χ0) is 11.3. The maximum Gasteiger partial charge on any atom is 0.163 e. The fraction of sp³-hybridized carbons (Fsp3) is 0.417. The normalized spacial score (nSPS) is 10.3. The largest absolute Gasteiger partial charge is 0.385 e. The van der Waals surface area contributed by atoms with E-state index in [1.165, 1.54) is 0 Å². The van der Waals surface area contributed by atoms with Gasteiger partial charge in [-0.15, -0.1) is 0 Å². The van der Waals surface area contributed by atoms with Crippen LogP contribution in [-0.2, 0) is 4.74 Å². The Kier molecular flexibility index (Phi) is 4.79. The SMILES string of the molecule is COCCCC(=O)c1cccc(Cl)c1C. The number of ether oxygens (including phenoxy) is 1. The van der Waals surface area contributed by atoms with Crippen LogP contribution in [0.3, 0.4) is 0 Å². The van der Waals surface area contributed by atoms with Gasteiger partial charge in [-0.05, 0) is 25.0 Å². The predicted octanol–water partition coefficient (Wildman–Crippen LogP) is 3.26. The lowest BCUT2D eigenvalue weighted by Crippen LogP contribution is -2.03. The number of hydrogen-bond donors (Lipinski definition) is 0. The lowest BCUT2D eigenvalue weighted by Gasteiger charge is -2.05. The van der Waals surface area contributed by atoms with Crippen LogP contribution in [0.15, 0.2) is 18.2 Å². The van der Waals surface area contributed by atoms with Gasteiger partial charge in [-0.1, -0.05) is 23.7 Å². The molecule has 0 heterocycles. The van der Waals surface area contributed by atoms with Gasteiger partial charge in [0.1, 0.15) is 0 Å². The summed E-state index contributed by atoms with van der Waals surface area (Å²) in [5.41, 5.74) is 1.58. The molecule has 0 radical (unpaired) electrons. The third kappa shape index (κ3) is 3.33. The van der Waals surface area contributed by atoms with Crippen molar-refractivity contribution in [1.29, 1.82) is 0 Å². The number of carbonyl (C=O) groups excluding carboxylic acids is 1. The summed E-state index contributed by atoms with van der Waals surface area (Å²) >= 11 is 5.94. The van der Waals surface area contributed by atoms with Crippen LogP contribution in [0.2, 0.25) is 5.02 Å². The lowest BCUT2D eigenvalue weighted by molar-refractivity contribution is 0.0963. The molecule has 0 bridgehead atoms. The van der Waals surface area contributed by atoms with Gasteiger partial charge in [0.25, 0.3) is 0 Å². The Bertz CT molecular complexity index is 347. The first-order valence-corrected chi connectivity index (χ1v) is 5.32. The van der Waals surface area contributed by atoms with Gasteiger partial charge in [-0.2, -0.15) is 0 Å². The van der Waals surface area contributed by atoms with Crippen molar-refractivity contribution in [1.82, 2.24) is 0 Å². The highest BCUT2D eigenvalue weighted by atomic mass is 35.5. The Morgan fingerprint density at radius 1 is 1.47 bits per heavy atom. The van der Waals surface area contributed by atoms with Gasteiger partial charge in [0.15, 0.2) is 5.78 Å². The number of methoxy groups -OCH3 is 1. The number of ketones is 1. The van der Waals surface area contributed by atoms with Gasteiger partial charge in [0.2, 0.25) is 0 Å². The van der Waals surface area contributed by atoms with Crippen molar-refractivity contribution in [2.45, 2.75) is 19.8 Å². The zero-order valence-electron chi connectivity index (χ0n) is 9.05. The molecule has 0 aromatic heterocycles. The monoisotopic (exact) mass is 226 g/mol. The fourth-order valence-electron chi connectivity index (χ4n) is 1.42. The van der Waals surface area contributed by atoms with E-state index in [2.05, 4.69) is 0 Å². The fourth-order valence-corrected chi connectivity index (χ4v) is 1.60. The summed E-state index contributed by atoms with van der Waals surface area (Å²) in [6, 6.07) is 5.41. The summed E-state index contributed by atoms with van der Waals surface area (Å²) in [6.07, 6.45) is 1.26. The van der Waals surface area contributed by atoms with E-state index in [0.29, 0.717) is 18.1 Å². The van der Waals surface area contributed by atoms with E-state index in [0.717, 1.165) is 17.5 Å². The van der Waals surface area contributed by atoms with Crippen molar-refractivity contribution < 1.29 is 9.53 Å². The standard InChI is InChI=1S/C12H15ClO2/c1-9-10(5-3-6-11(9)13)12(14)7-4-8-15-2/h3,5-6H,4,7-8H2,1-2H3. The summed E-state index contributed by atoms with van der Waals surface area (Å²) in [7, 11) is 1.63. The van der Waals surface area contributed by atoms with Crippen molar-refractivity contribution in [3.05, 3.63) is 34.3 Å². The summed E-state index contributed by atoms with van der Waals surface area (Å²) in [4.78, 5) is 11.8. The van der Waals surface area contributed by atoms with Crippen LogP contribution in [0.1, 0.15) is 28.8 Å². The maximum atomic E-state index is 11.8. The van der Waals surface area contributed by atoms with Crippen LogP contribution >= 0.6 is 11.6 Å². The van der Waals surface area contributed by atoms with E-state index in [1.54, 1.807) is 19.2 Å². The molecule has 0 aliphatic heterocycles. The summed E-state index contributed by atoms with van der Waals surface area (Å²) in [6.45, 7) is 2.48. The molecule has 0 aliphatic carbocycles. The number of halogens is 1. The second-order valence-corrected chi connectivity index (χ2v) is 3.84. The quantitative estimate of drug-likeness (QED) is 0.569. The molecule has 15 heavy (non-hydrogen) atoms. The molecule has 82 valence electrons. The van der Waals surface area contributed by atoms with Gasteiger partial charge >= 0.3 is 0 Å². The van der Waals surface area contributed by atoms with E-state index in [1.807, 2.05) is 13.0 Å². The van der Waals surface area contributed by atoms with Gasteiger partial charge in [-0.3, -0.25) is 4.79 Å². The summed E-state index contributed by atoms with van der Waals surface area (Å²) in [5.74, 6) is 0.132. The highest BCUT2D eigenvalue weighted by Crippen LogP contribution is 2.20. The van der Waals surface area contributed by atoms with E-state index < -0.39 is 0 Å². The third-order valence-electron chi connectivity index (χ3n) is 2.32. The second-order valence-electron chi connectivity index (χ2n) is 3.43. The van der Waals surface area contributed by atoms with Crippen LogP contribution in [0.25, 0.3) is 0 Å². The van der Waals surface area contributed by atoms with Crippen molar-refractivity contribution in [2.24, 2.45) is 0 Å². The third-order valence-corrected chi connectivity index (χ3v) is 2.73. The van der Waals surface area contributed by atoms with Crippen LogP contribution in [0.5, 0.6) is 0 Å². The Labute approximate surface area is 95.2 Å². The molecular formula is C12H15ClO2. The molecule has 0 N–H and O–H groups in total. The predicted molar refractivity (Wildman–Crippen MR) is 61.6 cm³/mol. The molecule has 0 spiro atoms. The van der Waals surface area contributed by atoms with Crippen LogP contribution in [-0.4, -0.2) is 19.5 Å². The Hall–Kier alpha value is -0.860. The van der Waals surface area contributed by atoms with E-state index in [4.69, 9.17) is 16.3 Å². The molecule has 0 atom stereocenters. The minimum Gasteiger partial charge on any atom is -0.385 e. The molecular weight excluding hydrogens is 212 g/mol. The number of carbonyl (C=O) groups is 1. The van der Waals surface area contributed by atoms with E-state index >= 15 is 0 Å². The molecule has 1 aromatic rings. The molecule has 0 saturated heterocycles. The molecule has 0 unspecified atom stereocenters. The van der Waals surface area contributed by atoms with Gasteiger partial charge in [-0.25, -0.2) is 0 Å². The molecule has 1 rings (SSSR count). The number of benzene rings is 1. The second kappa shape index (κ2) is 5.89. The summed E-state index contributed by atoms with van der Waals surface area (Å²) in [5, 5.41) is 0.646. The summed E-state index contributed by atoms with van der Waals surface area (Å²) < 4.78 is 4.90. The molecule has 3 heteroatoms. The Balaban J connectivity index is 2.69. The first-order chi connectivity index (χ1) is 7.16. The van der Waals surface area contributed by atoms with Gasteiger partial charge in [0, 0.05) is 30.7 Å². The smallest absolute Gasteiger partial charge is 0.163 e. The molecule has 0 aliphatic rings. The molecule has 0 saturated carbocycles. The van der Waals surface area contributed by atoms with Crippen LogP contribution < -0.4 is 0 Å². The average molecular weight is 227 g/mol. The zero-order valence-corrected chi connectivity index (χ0v) is 9.80. The topological polar surface area (TPSA) is 26.3 Å². The maximum absolute atomic E-state index is 11.8. The van der Waals surface area contributed by atoms with Crippen molar-refractivity contribution >= 4 is 17.4 Å². The lowest BCUT2D eigenvalue weighted by atomic mass is 10.0. The number of rotatable bonds is 5. The average Bonchev–Trinajstić information content (AvgIpc) is 2.22. The van der Waals surface area contributed by atoms with Gasteiger partial charge in [0.05, 0.1) is 0 Å². The van der Waals surface area contributed by atoms with Crippen molar-refractivity contribution in [3.8, 4) is 0 Å². The molecule has 0 fully saturated rings.